The third-order valence-corrected chi connectivity index (χ3v) is 11.4. The second kappa shape index (κ2) is 15.2. The highest BCUT2D eigenvalue weighted by atomic mass is 16.5. The van der Waals surface area contributed by atoms with E-state index in [1.165, 1.54) is 0 Å². The summed E-state index contributed by atoms with van der Waals surface area (Å²) in [5, 5.41) is 4.54. The van der Waals surface area contributed by atoms with E-state index < -0.39 is 0 Å². The summed E-state index contributed by atoms with van der Waals surface area (Å²) < 4.78 is 26.6. The predicted octanol–water partition coefficient (Wildman–Crippen LogP) is 13.6. The van der Waals surface area contributed by atoms with Gasteiger partial charge in [0.05, 0.1) is 46.7 Å². The van der Waals surface area contributed by atoms with Crippen molar-refractivity contribution in [1.82, 2.24) is 29.1 Å². The lowest BCUT2D eigenvalue weighted by Gasteiger charge is -2.13. The summed E-state index contributed by atoms with van der Waals surface area (Å²) in [5.41, 5.74) is 9.93. The van der Waals surface area contributed by atoms with Crippen molar-refractivity contribution in [3.63, 3.8) is 0 Å². The quantitative estimate of drug-likeness (QED) is 0.145. The van der Waals surface area contributed by atoms with E-state index in [0.717, 1.165) is 83.2 Å². The molecule has 8 heteroatoms. The van der Waals surface area contributed by atoms with E-state index in [2.05, 4.69) is 115 Å². The Bertz CT molecular complexity index is 3570. The van der Waals surface area contributed by atoms with Crippen molar-refractivity contribution in [3.05, 3.63) is 193 Å². The van der Waals surface area contributed by atoms with Crippen LogP contribution in [0.4, 0.5) is 0 Å². The monoisotopic (exact) mass is 805 g/mol. The number of hydrogen-bond acceptors (Lipinski definition) is 6. The first kappa shape index (κ1) is 35.8. The summed E-state index contributed by atoms with van der Waals surface area (Å²) in [5.74, 6) is 4.37. The van der Waals surface area contributed by atoms with Gasteiger partial charge in [0.1, 0.15) is 34.6 Å². The molecule has 0 saturated heterocycles. The fourth-order valence-electron chi connectivity index (χ4n) is 8.49. The molecule has 0 fully saturated rings. The minimum absolute atomic E-state index is 0.0744. The van der Waals surface area contributed by atoms with Gasteiger partial charge in [-0.1, -0.05) is 67.6 Å². The SMILES string of the molecule is [2H]c1nc(-c2cccc(Oc3ccc4c5ccccc5n(-c5cc(C)ccn5)c4c3)c2)c(CC)nc1-c1cccc(Oc2ccc3c4ccccc4n(-c4cc(C)ccn4)c3c2)c1. The van der Waals surface area contributed by atoms with Crippen LogP contribution < -0.4 is 9.47 Å². The van der Waals surface area contributed by atoms with E-state index in [0.29, 0.717) is 40.8 Å². The molecule has 6 aromatic carbocycles. The number of rotatable bonds is 9. The van der Waals surface area contributed by atoms with Gasteiger partial charge < -0.3 is 9.47 Å². The van der Waals surface area contributed by atoms with Gasteiger partial charge in [-0.25, -0.2) is 15.0 Å². The molecule has 298 valence electrons. The lowest BCUT2D eigenvalue weighted by molar-refractivity contribution is 0.483. The minimum Gasteiger partial charge on any atom is -0.457 e. The second-order valence-corrected chi connectivity index (χ2v) is 15.5. The molecule has 0 radical (unpaired) electrons. The number of fused-ring (bicyclic) bond motifs is 6. The molecular weight excluding hydrogens is 765 g/mol. The molecule has 0 saturated carbocycles. The van der Waals surface area contributed by atoms with Crippen molar-refractivity contribution in [2.45, 2.75) is 27.2 Å². The minimum atomic E-state index is 0.0744. The van der Waals surface area contributed by atoms with Crippen molar-refractivity contribution >= 4 is 43.6 Å². The van der Waals surface area contributed by atoms with E-state index in [9.17, 15) is 0 Å². The summed E-state index contributed by atoms with van der Waals surface area (Å²) in [6.07, 6.45) is 4.38. The zero-order valence-electron chi connectivity index (χ0n) is 35.4. The van der Waals surface area contributed by atoms with E-state index in [1.807, 2.05) is 85.2 Å². The molecule has 0 aliphatic rings. The number of para-hydroxylation sites is 2. The van der Waals surface area contributed by atoms with Crippen LogP contribution in [-0.2, 0) is 6.42 Å². The standard InChI is InChI=1S/C54H40N6O2/c1-4-46-54(37-12-10-14-39(30-37)62-41-20-22-45-43-16-6-8-18-49(43)60(51(45)32-41)53-28-35(3)24-26-56-53)57-33-47(58-46)36-11-9-13-38(29-36)61-40-19-21-44-42-15-5-7-17-48(42)59(50(44)31-40)52-27-34(2)23-25-55-52/h5-33H,4H2,1-3H3/i33D. The summed E-state index contributed by atoms with van der Waals surface area (Å²) in [7, 11) is 0. The molecule has 11 aromatic rings. The average molecular weight is 806 g/mol. The number of aromatic nitrogens is 6. The molecule has 5 heterocycles. The molecule has 0 N–H and O–H groups in total. The zero-order chi connectivity index (χ0) is 42.6. The van der Waals surface area contributed by atoms with Crippen LogP contribution in [0.25, 0.3) is 77.8 Å². The third kappa shape index (κ3) is 6.58. The van der Waals surface area contributed by atoms with E-state index in [4.69, 9.17) is 30.8 Å². The Morgan fingerprint density at radius 3 is 1.53 bits per heavy atom. The van der Waals surface area contributed by atoms with Crippen molar-refractivity contribution in [3.8, 4) is 57.1 Å². The highest BCUT2D eigenvalue weighted by molar-refractivity contribution is 6.10. The summed E-state index contributed by atoms with van der Waals surface area (Å²) >= 11 is 0. The van der Waals surface area contributed by atoms with Crippen LogP contribution in [0, 0.1) is 13.8 Å². The van der Waals surface area contributed by atoms with Crippen molar-refractivity contribution in [2.75, 3.05) is 0 Å². The first-order chi connectivity index (χ1) is 30.9. The number of ether oxygens (including phenoxy) is 2. The molecule has 0 unspecified atom stereocenters. The zero-order valence-corrected chi connectivity index (χ0v) is 34.4. The molecule has 0 aliphatic carbocycles. The van der Waals surface area contributed by atoms with Crippen molar-refractivity contribution in [2.24, 2.45) is 0 Å². The third-order valence-electron chi connectivity index (χ3n) is 11.4. The Hall–Kier alpha value is -8.10. The number of nitrogens with zero attached hydrogens (tertiary/aromatic N) is 6. The first-order valence-corrected chi connectivity index (χ1v) is 20.7. The van der Waals surface area contributed by atoms with Gasteiger partial charge in [0.25, 0.3) is 0 Å². The highest BCUT2D eigenvalue weighted by Crippen LogP contribution is 2.38. The largest absolute Gasteiger partial charge is 0.457 e. The molecule has 5 aromatic heterocycles. The Morgan fingerprint density at radius 2 is 0.984 bits per heavy atom. The highest BCUT2D eigenvalue weighted by Gasteiger charge is 2.17. The van der Waals surface area contributed by atoms with Crippen LogP contribution in [0.3, 0.4) is 0 Å². The van der Waals surface area contributed by atoms with E-state index >= 15 is 0 Å². The van der Waals surface area contributed by atoms with Gasteiger partial charge >= 0.3 is 0 Å². The number of benzene rings is 6. The van der Waals surface area contributed by atoms with Crippen LogP contribution in [0.5, 0.6) is 23.0 Å². The average Bonchev–Trinajstić information content (AvgIpc) is 3.81. The molecule has 0 aliphatic heterocycles. The van der Waals surface area contributed by atoms with E-state index in [1.54, 1.807) is 0 Å². The summed E-state index contributed by atoms with van der Waals surface area (Å²) in [4.78, 5) is 19.4. The maximum absolute atomic E-state index is 9.12. The molecule has 0 spiro atoms. The van der Waals surface area contributed by atoms with Crippen molar-refractivity contribution < 1.29 is 10.8 Å². The van der Waals surface area contributed by atoms with Gasteiger partial charge in [0.2, 0.25) is 0 Å². The second-order valence-electron chi connectivity index (χ2n) is 15.5. The molecule has 0 bridgehead atoms. The van der Waals surface area contributed by atoms with Gasteiger partial charge in [-0.15, -0.1) is 0 Å². The number of aryl methyl sites for hydroxylation is 3. The van der Waals surface area contributed by atoms with E-state index in [-0.39, 0.29) is 6.17 Å². The Balaban J connectivity index is 0.894. The maximum atomic E-state index is 9.12. The van der Waals surface area contributed by atoms with Gasteiger partial charge in [0, 0.05) is 57.2 Å². The summed E-state index contributed by atoms with van der Waals surface area (Å²) in [6.45, 7) is 6.21. The summed E-state index contributed by atoms with van der Waals surface area (Å²) in [6, 6.07) is 52.8. The van der Waals surface area contributed by atoms with Gasteiger partial charge in [-0.2, -0.15) is 0 Å². The normalized spacial score (nSPS) is 11.8. The molecule has 11 rings (SSSR count). The molecule has 0 atom stereocenters. The van der Waals surface area contributed by atoms with Crippen LogP contribution in [0.2, 0.25) is 0 Å². The molecular formula is C54H40N6O2. The molecule has 0 amide bonds. The van der Waals surface area contributed by atoms with Gasteiger partial charge in [-0.3, -0.25) is 14.1 Å². The molecule has 62 heavy (non-hydrogen) atoms. The lowest BCUT2D eigenvalue weighted by atomic mass is 10.1. The Kier molecular flexibility index (Phi) is 8.77. The first-order valence-electron chi connectivity index (χ1n) is 21.2. The Morgan fingerprint density at radius 1 is 0.484 bits per heavy atom. The van der Waals surface area contributed by atoms with Crippen LogP contribution in [0.1, 0.15) is 25.1 Å². The van der Waals surface area contributed by atoms with Crippen LogP contribution in [0.15, 0.2) is 176 Å². The van der Waals surface area contributed by atoms with Crippen LogP contribution >= 0.6 is 0 Å². The lowest BCUT2D eigenvalue weighted by Crippen LogP contribution is -1.99. The predicted molar refractivity (Wildman–Crippen MR) is 249 cm³/mol. The molecule has 8 nitrogen and oxygen atoms in total. The fraction of sp³-hybridized carbons (Fsp3) is 0.0741. The van der Waals surface area contributed by atoms with Crippen LogP contribution in [-0.4, -0.2) is 29.1 Å². The number of pyridine rings is 2. The topological polar surface area (TPSA) is 79.9 Å². The maximum Gasteiger partial charge on any atom is 0.137 e. The van der Waals surface area contributed by atoms with Crippen molar-refractivity contribution in [1.29, 1.82) is 0 Å². The smallest absolute Gasteiger partial charge is 0.137 e. The van der Waals surface area contributed by atoms with Gasteiger partial charge in [-0.05, 0) is 116 Å². The Labute approximate surface area is 359 Å². The van der Waals surface area contributed by atoms with Gasteiger partial charge in [0.15, 0.2) is 0 Å². The number of hydrogen-bond donors (Lipinski definition) is 0. The fourth-order valence-corrected chi connectivity index (χ4v) is 8.49.